The molecule has 0 aliphatic heterocycles. The number of hydrogen-bond acceptors (Lipinski definition) is 2. The second-order valence-corrected chi connectivity index (χ2v) is 2.89. The summed E-state index contributed by atoms with van der Waals surface area (Å²) in [5, 5.41) is 18.5. The van der Waals surface area contributed by atoms with Crippen LogP contribution in [0.2, 0.25) is 0 Å². The third-order valence-corrected chi connectivity index (χ3v) is 2.06. The molecule has 0 radical (unpaired) electrons. The summed E-state index contributed by atoms with van der Waals surface area (Å²) < 4.78 is 0. The number of aliphatic hydroxyl groups excluding tert-OH is 2. The lowest BCUT2D eigenvalue weighted by Gasteiger charge is -2.13. The van der Waals surface area contributed by atoms with Gasteiger partial charge < -0.3 is 10.2 Å². The Morgan fingerprint density at radius 3 is 1.90 bits per heavy atom. The van der Waals surface area contributed by atoms with Gasteiger partial charge in [-0.1, -0.05) is 19.4 Å². The van der Waals surface area contributed by atoms with Crippen LogP contribution in [0, 0.1) is 0 Å². The lowest BCUT2D eigenvalue weighted by molar-refractivity contribution is 0.148. The Bertz CT molecular complexity index is 117. The summed E-state index contributed by atoms with van der Waals surface area (Å²) in [5.74, 6) is 0. The fourth-order valence-electron chi connectivity index (χ4n) is 1.27. The molecule has 58 valence electrons. The summed E-state index contributed by atoms with van der Waals surface area (Å²) >= 11 is 0. The van der Waals surface area contributed by atoms with Crippen LogP contribution in [-0.2, 0) is 0 Å². The molecule has 2 heteroatoms. The van der Waals surface area contributed by atoms with Crippen LogP contribution in [-0.4, -0.2) is 22.4 Å². The van der Waals surface area contributed by atoms with Gasteiger partial charge in [0, 0.05) is 0 Å². The van der Waals surface area contributed by atoms with Crippen molar-refractivity contribution >= 4 is 0 Å². The highest BCUT2D eigenvalue weighted by molar-refractivity contribution is 5.09. The summed E-state index contributed by atoms with van der Waals surface area (Å²) in [6.07, 6.45) is 2.57. The minimum Gasteiger partial charge on any atom is -0.389 e. The molecular formula is C8H14O2. The molecule has 0 bridgehead atoms. The Morgan fingerprint density at radius 2 is 1.50 bits per heavy atom. The van der Waals surface area contributed by atoms with Gasteiger partial charge in [-0.2, -0.15) is 0 Å². The lowest BCUT2D eigenvalue weighted by atomic mass is 10.1. The van der Waals surface area contributed by atoms with E-state index >= 15 is 0 Å². The second-order valence-electron chi connectivity index (χ2n) is 2.89. The van der Waals surface area contributed by atoms with Crippen LogP contribution in [0.25, 0.3) is 0 Å². The van der Waals surface area contributed by atoms with Crippen LogP contribution in [0.4, 0.5) is 0 Å². The Hall–Kier alpha value is -0.340. The van der Waals surface area contributed by atoms with E-state index < -0.39 is 12.2 Å². The van der Waals surface area contributed by atoms with Gasteiger partial charge in [-0.3, -0.25) is 0 Å². The zero-order valence-corrected chi connectivity index (χ0v) is 6.08. The average Bonchev–Trinajstić information content (AvgIpc) is 2.04. The van der Waals surface area contributed by atoms with Crippen LogP contribution in [0.1, 0.15) is 25.7 Å². The fourth-order valence-corrected chi connectivity index (χ4v) is 1.27. The molecule has 2 N–H and O–H groups in total. The zero-order chi connectivity index (χ0) is 7.56. The van der Waals surface area contributed by atoms with E-state index in [1.165, 1.54) is 0 Å². The molecule has 1 aliphatic rings. The first-order valence-corrected chi connectivity index (χ1v) is 3.76. The Balaban J connectivity index is 2.55. The van der Waals surface area contributed by atoms with Gasteiger partial charge in [0.05, 0.1) is 12.2 Å². The maximum Gasteiger partial charge on any atom is 0.0772 e. The van der Waals surface area contributed by atoms with E-state index in [0.717, 1.165) is 25.7 Å². The normalized spacial score (nSPS) is 35.6. The molecular weight excluding hydrogens is 128 g/mol. The van der Waals surface area contributed by atoms with E-state index in [9.17, 15) is 10.2 Å². The van der Waals surface area contributed by atoms with Gasteiger partial charge in [-0.15, -0.1) is 0 Å². The highest BCUT2D eigenvalue weighted by atomic mass is 16.3. The number of aliphatic hydroxyl groups is 2. The summed E-state index contributed by atoms with van der Waals surface area (Å²) in [6, 6.07) is 0. The van der Waals surface area contributed by atoms with Crippen molar-refractivity contribution in [3.05, 3.63) is 12.2 Å². The fraction of sp³-hybridized carbons (Fsp3) is 0.750. The van der Waals surface area contributed by atoms with Crippen molar-refractivity contribution in [1.82, 2.24) is 0 Å². The number of hydrogen-bond donors (Lipinski definition) is 2. The van der Waals surface area contributed by atoms with Gasteiger partial charge in [0.25, 0.3) is 0 Å². The molecule has 0 spiro atoms. The van der Waals surface area contributed by atoms with Crippen molar-refractivity contribution in [3.8, 4) is 0 Å². The molecule has 0 aromatic rings. The highest BCUT2D eigenvalue weighted by Gasteiger charge is 2.19. The van der Waals surface area contributed by atoms with Crippen molar-refractivity contribution in [3.63, 3.8) is 0 Å². The second kappa shape index (κ2) is 3.17. The quantitative estimate of drug-likeness (QED) is 0.388. The van der Waals surface area contributed by atoms with Gasteiger partial charge >= 0.3 is 0 Å². The summed E-state index contributed by atoms with van der Waals surface area (Å²) in [5.41, 5.74) is 0.595. The van der Waals surface area contributed by atoms with Crippen LogP contribution in [0.3, 0.4) is 0 Å². The smallest absolute Gasteiger partial charge is 0.0772 e. The van der Waals surface area contributed by atoms with Crippen LogP contribution in [0.5, 0.6) is 0 Å². The first-order valence-electron chi connectivity index (χ1n) is 3.76. The van der Waals surface area contributed by atoms with Gasteiger partial charge in [0.1, 0.15) is 0 Å². The van der Waals surface area contributed by atoms with Crippen LogP contribution >= 0.6 is 0 Å². The maximum absolute atomic E-state index is 9.27. The van der Waals surface area contributed by atoms with Gasteiger partial charge in [0.15, 0.2) is 0 Å². The Labute approximate surface area is 61.2 Å². The number of rotatable bonds is 0. The first-order chi connectivity index (χ1) is 4.72. The molecule has 1 saturated carbocycles. The van der Waals surface area contributed by atoms with Crippen molar-refractivity contribution in [2.45, 2.75) is 37.9 Å². The molecule has 0 heterocycles. The van der Waals surface area contributed by atoms with Crippen LogP contribution in [0.15, 0.2) is 12.2 Å². The first kappa shape index (κ1) is 7.76. The summed E-state index contributed by atoms with van der Waals surface area (Å²) in [4.78, 5) is 0. The minimum atomic E-state index is -0.475. The molecule has 0 aromatic carbocycles. The molecule has 0 aromatic heterocycles. The third-order valence-electron chi connectivity index (χ3n) is 2.06. The van der Waals surface area contributed by atoms with Gasteiger partial charge in [0.2, 0.25) is 0 Å². The van der Waals surface area contributed by atoms with E-state index in [1.807, 2.05) is 0 Å². The minimum absolute atomic E-state index is 0.475. The highest BCUT2D eigenvalue weighted by Crippen LogP contribution is 2.21. The Kier molecular flexibility index (Phi) is 2.46. The Morgan fingerprint density at radius 1 is 1.10 bits per heavy atom. The standard InChI is InChI=1S/C8H14O2/c1-6-7(9)4-2-3-5-8(6)10/h7-10H,1-5H2. The lowest BCUT2D eigenvalue weighted by Crippen LogP contribution is -2.17. The predicted molar refractivity (Wildman–Crippen MR) is 39.6 cm³/mol. The van der Waals surface area contributed by atoms with Gasteiger partial charge in [-0.25, -0.2) is 0 Å². The van der Waals surface area contributed by atoms with Crippen molar-refractivity contribution in [2.24, 2.45) is 0 Å². The van der Waals surface area contributed by atoms with Crippen LogP contribution < -0.4 is 0 Å². The van der Waals surface area contributed by atoms with Gasteiger partial charge in [-0.05, 0) is 18.4 Å². The molecule has 1 aliphatic carbocycles. The molecule has 2 unspecified atom stereocenters. The summed E-state index contributed by atoms with van der Waals surface area (Å²) in [7, 11) is 0. The topological polar surface area (TPSA) is 40.5 Å². The van der Waals surface area contributed by atoms with E-state index in [0.29, 0.717) is 5.57 Å². The van der Waals surface area contributed by atoms with Crippen molar-refractivity contribution < 1.29 is 10.2 Å². The van der Waals surface area contributed by atoms with E-state index in [1.54, 1.807) is 0 Å². The molecule has 2 atom stereocenters. The average molecular weight is 142 g/mol. The van der Waals surface area contributed by atoms with E-state index in [2.05, 4.69) is 6.58 Å². The maximum atomic E-state index is 9.27. The molecule has 0 saturated heterocycles. The monoisotopic (exact) mass is 142 g/mol. The van der Waals surface area contributed by atoms with Crippen molar-refractivity contribution in [1.29, 1.82) is 0 Å². The largest absolute Gasteiger partial charge is 0.389 e. The zero-order valence-electron chi connectivity index (χ0n) is 6.08. The molecule has 2 nitrogen and oxygen atoms in total. The van der Waals surface area contributed by atoms with Crippen molar-refractivity contribution in [2.75, 3.05) is 0 Å². The van der Waals surface area contributed by atoms with E-state index in [4.69, 9.17) is 0 Å². The predicted octanol–water partition coefficient (Wildman–Crippen LogP) is 0.838. The SMILES string of the molecule is C=C1C(O)CCCCC1O. The molecule has 1 fully saturated rings. The van der Waals surface area contributed by atoms with E-state index in [-0.39, 0.29) is 0 Å². The molecule has 0 amide bonds. The summed E-state index contributed by atoms with van der Waals surface area (Å²) in [6.45, 7) is 3.64. The molecule has 1 rings (SSSR count). The third kappa shape index (κ3) is 1.58. The molecule has 10 heavy (non-hydrogen) atoms.